The lowest BCUT2D eigenvalue weighted by atomic mass is 10.1. The quantitative estimate of drug-likeness (QED) is 0.837. The van der Waals surface area contributed by atoms with Crippen molar-refractivity contribution in [1.29, 1.82) is 0 Å². The van der Waals surface area contributed by atoms with Gasteiger partial charge in [0.05, 0.1) is 21.8 Å². The number of carbonyl (C=O) groups is 1. The second-order valence-corrected chi connectivity index (χ2v) is 4.89. The van der Waals surface area contributed by atoms with E-state index in [-0.39, 0.29) is 10.7 Å². The zero-order valence-electron chi connectivity index (χ0n) is 11.0. The summed E-state index contributed by atoms with van der Waals surface area (Å²) in [4.78, 5) is 12.0. The molecule has 0 atom stereocenters. The van der Waals surface area contributed by atoms with E-state index in [1.807, 2.05) is 6.92 Å². The van der Waals surface area contributed by atoms with E-state index in [9.17, 15) is 18.0 Å². The van der Waals surface area contributed by atoms with E-state index in [0.29, 0.717) is 0 Å². The maximum atomic E-state index is 12.9. The van der Waals surface area contributed by atoms with Crippen molar-refractivity contribution in [3.63, 3.8) is 0 Å². The van der Waals surface area contributed by atoms with E-state index in [2.05, 4.69) is 5.32 Å². The molecule has 0 unspecified atom stereocenters. The van der Waals surface area contributed by atoms with Crippen molar-refractivity contribution < 1.29 is 18.0 Å². The van der Waals surface area contributed by atoms with E-state index in [1.165, 1.54) is 12.1 Å². The number of benzene rings is 2. The van der Waals surface area contributed by atoms with Gasteiger partial charge in [-0.3, -0.25) is 4.79 Å². The van der Waals surface area contributed by atoms with E-state index in [1.54, 1.807) is 18.2 Å². The van der Waals surface area contributed by atoms with Gasteiger partial charge in [-0.1, -0.05) is 29.8 Å². The number of hydrogen-bond donors (Lipinski definition) is 1. The Balaban J connectivity index is 2.33. The van der Waals surface area contributed by atoms with E-state index < -0.39 is 23.2 Å². The number of alkyl halides is 3. The molecule has 110 valence electrons. The minimum atomic E-state index is -4.59. The monoisotopic (exact) mass is 313 g/mol. The number of amides is 1. The van der Waals surface area contributed by atoms with Crippen LogP contribution in [0.2, 0.25) is 5.02 Å². The van der Waals surface area contributed by atoms with Crippen LogP contribution in [0.5, 0.6) is 0 Å². The van der Waals surface area contributed by atoms with Gasteiger partial charge in [-0.05, 0) is 36.8 Å². The van der Waals surface area contributed by atoms with Crippen LogP contribution in [-0.4, -0.2) is 5.91 Å². The molecule has 0 aliphatic heterocycles. The molecule has 0 aromatic heterocycles. The molecule has 0 radical (unpaired) electrons. The van der Waals surface area contributed by atoms with Crippen molar-refractivity contribution in [2.75, 3.05) is 5.32 Å². The van der Waals surface area contributed by atoms with Crippen LogP contribution in [0.25, 0.3) is 0 Å². The lowest BCUT2D eigenvalue weighted by Gasteiger charge is -2.13. The summed E-state index contributed by atoms with van der Waals surface area (Å²) >= 11 is 5.95. The normalized spacial score (nSPS) is 11.3. The van der Waals surface area contributed by atoms with Crippen molar-refractivity contribution in [2.45, 2.75) is 13.1 Å². The number of halogens is 4. The van der Waals surface area contributed by atoms with Crippen LogP contribution in [0.4, 0.5) is 18.9 Å². The molecule has 2 aromatic carbocycles. The fraction of sp³-hybridized carbons (Fsp3) is 0.133. The molecular formula is C15H11ClF3NO. The second-order valence-electron chi connectivity index (χ2n) is 4.48. The minimum Gasteiger partial charge on any atom is -0.321 e. The van der Waals surface area contributed by atoms with Gasteiger partial charge in [-0.2, -0.15) is 13.2 Å². The SMILES string of the molecule is Cc1ccc(NC(=O)c2ccccc2C(F)(F)F)c(Cl)c1. The smallest absolute Gasteiger partial charge is 0.321 e. The summed E-state index contributed by atoms with van der Waals surface area (Å²) in [7, 11) is 0. The van der Waals surface area contributed by atoms with Crippen LogP contribution in [0.1, 0.15) is 21.5 Å². The molecule has 0 aliphatic rings. The first kappa shape index (κ1) is 15.4. The van der Waals surface area contributed by atoms with Gasteiger partial charge in [0.2, 0.25) is 0 Å². The van der Waals surface area contributed by atoms with Gasteiger partial charge in [0.25, 0.3) is 5.91 Å². The molecular weight excluding hydrogens is 303 g/mol. The standard InChI is InChI=1S/C15H11ClF3NO/c1-9-6-7-13(12(16)8-9)20-14(21)10-4-2-3-5-11(10)15(17,18)19/h2-8H,1H3,(H,20,21). The van der Waals surface area contributed by atoms with Crippen molar-refractivity contribution in [1.82, 2.24) is 0 Å². The predicted molar refractivity (Wildman–Crippen MR) is 75.6 cm³/mol. The Hall–Kier alpha value is -2.01. The first-order valence-electron chi connectivity index (χ1n) is 6.03. The molecule has 2 rings (SSSR count). The Kier molecular flexibility index (Phi) is 4.23. The van der Waals surface area contributed by atoms with Crippen LogP contribution in [0.15, 0.2) is 42.5 Å². The topological polar surface area (TPSA) is 29.1 Å². The predicted octanol–water partition coefficient (Wildman–Crippen LogP) is 4.92. The van der Waals surface area contributed by atoms with Gasteiger partial charge < -0.3 is 5.32 Å². The van der Waals surface area contributed by atoms with E-state index >= 15 is 0 Å². The average Bonchev–Trinajstić information content (AvgIpc) is 2.41. The summed E-state index contributed by atoms with van der Waals surface area (Å²) in [5.74, 6) is -0.853. The summed E-state index contributed by atoms with van der Waals surface area (Å²) < 4.78 is 38.6. The maximum Gasteiger partial charge on any atom is 0.417 e. The highest BCUT2D eigenvalue weighted by Gasteiger charge is 2.34. The van der Waals surface area contributed by atoms with Crippen LogP contribution in [-0.2, 0) is 6.18 Å². The molecule has 1 amide bonds. The van der Waals surface area contributed by atoms with Crippen LogP contribution < -0.4 is 5.32 Å². The molecule has 0 saturated heterocycles. The Morgan fingerprint density at radius 1 is 1.14 bits per heavy atom. The lowest BCUT2D eigenvalue weighted by molar-refractivity contribution is -0.137. The Bertz CT molecular complexity index is 683. The number of hydrogen-bond acceptors (Lipinski definition) is 1. The van der Waals surface area contributed by atoms with Crippen molar-refractivity contribution in [3.05, 3.63) is 64.2 Å². The summed E-state index contributed by atoms with van der Waals surface area (Å²) in [6, 6.07) is 9.47. The van der Waals surface area contributed by atoms with Crippen LogP contribution in [0, 0.1) is 6.92 Å². The lowest BCUT2D eigenvalue weighted by Crippen LogP contribution is -2.18. The third-order valence-corrected chi connectivity index (χ3v) is 3.16. The molecule has 0 spiro atoms. The highest BCUT2D eigenvalue weighted by Crippen LogP contribution is 2.32. The zero-order valence-corrected chi connectivity index (χ0v) is 11.7. The number of anilines is 1. The summed E-state index contributed by atoms with van der Waals surface area (Å²) in [6.45, 7) is 1.82. The third kappa shape index (κ3) is 3.55. The highest BCUT2D eigenvalue weighted by molar-refractivity contribution is 6.34. The fourth-order valence-electron chi connectivity index (χ4n) is 1.84. The molecule has 1 N–H and O–H groups in total. The first-order chi connectivity index (χ1) is 9.79. The molecule has 0 heterocycles. The van der Waals surface area contributed by atoms with Crippen molar-refractivity contribution in [2.24, 2.45) is 0 Å². The number of nitrogens with one attached hydrogen (secondary N) is 1. The van der Waals surface area contributed by atoms with Crippen molar-refractivity contribution >= 4 is 23.2 Å². The van der Waals surface area contributed by atoms with Crippen molar-refractivity contribution in [3.8, 4) is 0 Å². The molecule has 2 nitrogen and oxygen atoms in total. The minimum absolute atomic E-state index is 0.268. The Labute approximate surface area is 124 Å². The Morgan fingerprint density at radius 2 is 1.81 bits per heavy atom. The van der Waals surface area contributed by atoms with E-state index in [4.69, 9.17) is 11.6 Å². The molecule has 2 aromatic rings. The van der Waals surface area contributed by atoms with Gasteiger partial charge >= 0.3 is 6.18 Å². The van der Waals surface area contributed by atoms with E-state index in [0.717, 1.165) is 17.7 Å². The van der Waals surface area contributed by atoms with Gasteiger partial charge in [-0.25, -0.2) is 0 Å². The molecule has 0 fully saturated rings. The van der Waals surface area contributed by atoms with Crippen LogP contribution in [0.3, 0.4) is 0 Å². The zero-order chi connectivity index (χ0) is 15.6. The molecule has 0 saturated carbocycles. The fourth-order valence-corrected chi connectivity index (χ4v) is 2.12. The molecule has 0 bridgehead atoms. The molecule has 21 heavy (non-hydrogen) atoms. The number of aryl methyl sites for hydroxylation is 1. The largest absolute Gasteiger partial charge is 0.417 e. The highest BCUT2D eigenvalue weighted by atomic mass is 35.5. The Morgan fingerprint density at radius 3 is 2.43 bits per heavy atom. The number of rotatable bonds is 2. The number of carbonyl (C=O) groups excluding carboxylic acids is 1. The van der Waals surface area contributed by atoms with Gasteiger partial charge in [-0.15, -0.1) is 0 Å². The maximum absolute atomic E-state index is 12.9. The summed E-state index contributed by atoms with van der Waals surface area (Å²) in [6.07, 6.45) is -4.59. The summed E-state index contributed by atoms with van der Waals surface area (Å²) in [5.41, 5.74) is -0.273. The first-order valence-corrected chi connectivity index (χ1v) is 6.40. The second kappa shape index (κ2) is 5.77. The third-order valence-electron chi connectivity index (χ3n) is 2.85. The van der Waals surface area contributed by atoms with Gasteiger partial charge in [0, 0.05) is 0 Å². The summed E-state index contributed by atoms with van der Waals surface area (Å²) in [5, 5.41) is 2.67. The molecule has 0 aliphatic carbocycles. The average molecular weight is 314 g/mol. The van der Waals surface area contributed by atoms with Crippen LogP contribution >= 0.6 is 11.6 Å². The molecule has 6 heteroatoms. The van der Waals surface area contributed by atoms with Gasteiger partial charge in [0.1, 0.15) is 0 Å². The van der Waals surface area contributed by atoms with Gasteiger partial charge in [0.15, 0.2) is 0 Å².